The predicted octanol–water partition coefficient (Wildman–Crippen LogP) is 2.90. The largest absolute Gasteiger partial charge is 0.397 e. The first-order valence-electron chi connectivity index (χ1n) is 6.63. The van der Waals surface area contributed by atoms with E-state index in [1.54, 1.807) is 6.20 Å². The quantitative estimate of drug-likeness (QED) is 0.618. The molecule has 2 rings (SSSR count). The Balaban J connectivity index is 1.96. The van der Waals surface area contributed by atoms with E-state index >= 15 is 0 Å². The van der Waals surface area contributed by atoms with E-state index in [4.69, 9.17) is 10.5 Å². The Morgan fingerprint density at radius 2 is 2.16 bits per heavy atom. The molecule has 3 N–H and O–H groups in total. The molecule has 19 heavy (non-hydrogen) atoms. The molecule has 4 heteroatoms. The van der Waals surface area contributed by atoms with Crippen molar-refractivity contribution in [3.63, 3.8) is 0 Å². The molecule has 0 atom stereocenters. The number of pyridine rings is 1. The Kier molecular flexibility index (Phi) is 4.58. The molecule has 0 aliphatic heterocycles. The van der Waals surface area contributed by atoms with Crippen LogP contribution in [0.2, 0.25) is 0 Å². The summed E-state index contributed by atoms with van der Waals surface area (Å²) in [6, 6.07) is 7.82. The molecule has 0 fully saturated rings. The smallest absolute Gasteiger partial charge is 0.0724 e. The van der Waals surface area contributed by atoms with Gasteiger partial charge in [0.25, 0.3) is 0 Å². The second kappa shape index (κ2) is 6.38. The normalized spacial score (nSPS) is 11.1. The van der Waals surface area contributed by atoms with Crippen LogP contribution in [0.1, 0.15) is 13.8 Å². The molecule has 4 nitrogen and oxygen atoms in total. The highest BCUT2D eigenvalue weighted by Crippen LogP contribution is 2.26. The molecule has 0 aliphatic rings. The number of nitrogens with zero attached hydrogens (tertiary/aromatic N) is 1. The summed E-state index contributed by atoms with van der Waals surface area (Å²) in [6.07, 6.45) is 1.77. The third-order valence-electron chi connectivity index (χ3n) is 2.84. The van der Waals surface area contributed by atoms with Crippen molar-refractivity contribution < 1.29 is 4.74 Å². The number of nitrogen functional groups attached to an aromatic ring is 1. The highest BCUT2D eigenvalue weighted by Gasteiger charge is 2.04. The summed E-state index contributed by atoms with van der Waals surface area (Å²) in [5.74, 6) is 0.566. The number of aromatic nitrogens is 1. The zero-order valence-electron chi connectivity index (χ0n) is 11.5. The predicted molar refractivity (Wildman–Crippen MR) is 80.3 cm³/mol. The molecule has 0 unspecified atom stereocenters. The number of hydrogen-bond donors (Lipinski definition) is 2. The van der Waals surface area contributed by atoms with Crippen molar-refractivity contribution in [3.8, 4) is 0 Å². The number of fused-ring (bicyclic) bond motifs is 1. The van der Waals surface area contributed by atoms with Gasteiger partial charge in [0, 0.05) is 24.7 Å². The van der Waals surface area contributed by atoms with Gasteiger partial charge >= 0.3 is 0 Å². The molecule has 1 aromatic carbocycles. The summed E-state index contributed by atoms with van der Waals surface area (Å²) >= 11 is 0. The van der Waals surface area contributed by atoms with Crippen LogP contribution >= 0.6 is 0 Å². The number of rotatable bonds is 6. The molecule has 0 saturated carbocycles. The van der Waals surface area contributed by atoms with E-state index in [0.29, 0.717) is 12.5 Å². The van der Waals surface area contributed by atoms with Gasteiger partial charge in [-0.05, 0) is 30.2 Å². The van der Waals surface area contributed by atoms with Crippen molar-refractivity contribution in [3.05, 3.63) is 30.5 Å². The molecule has 102 valence electrons. The van der Waals surface area contributed by atoms with Crippen LogP contribution in [0.15, 0.2) is 30.5 Å². The van der Waals surface area contributed by atoms with Gasteiger partial charge in [0.05, 0.1) is 23.5 Å². The molecule has 0 aliphatic carbocycles. The van der Waals surface area contributed by atoms with Crippen LogP contribution in [0.4, 0.5) is 11.4 Å². The van der Waals surface area contributed by atoms with Crippen molar-refractivity contribution >= 4 is 22.3 Å². The first kappa shape index (κ1) is 13.6. The van der Waals surface area contributed by atoms with E-state index in [2.05, 4.69) is 24.1 Å². The lowest BCUT2D eigenvalue weighted by atomic mass is 10.1. The van der Waals surface area contributed by atoms with Crippen molar-refractivity contribution in [2.45, 2.75) is 13.8 Å². The first-order valence-corrected chi connectivity index (χ1v) is 6.63. The number of anilines is 2. The molecule has 0 saturated heterocycles. The number of ether oxygens (including phenoxy) is 1. The first-order chi connectivity index (χ1) is 9.18. The molecule has 2 aromatic rings. The minimum atomic E-state index is 0.566. The number of nitrogens with one attached hydrogen (secondary N) is 1. The van der Waals surface area contributed by atoms with Crippen LogP contribution in [0.5, 0.6) is 0 Å². The molecule has 0 radical (unpaired) electrons. The van der Waals surface area contributed by atoms with Gasteiger partial charge in [-0.15, -0.1) is 0 Å². The van der Waals surface area contributed by atoms with Gasteiger partial charge in [0.1, 0.15) is 0 Å². The standard InChI is InChI=1S/C15H21N3O/c1-11(2)10-19-9-8-18-14-6-5-13-12(15(14)16)4-3-7-17-13/h3-7,11,18H,8-10,16H2,1-2H3. The van der Waals surface area contributed by atoms with Crippen LogP contribution in [0.3, 0.4) is 0 Å². The Labute approximate surface area is 114 Å². The average molecular weight is 259 g/mol. The van der Waals surface area contributed by atoms with E-state index in [-0.39, 0.29) is 0 Å². The zero-order chi connectivity index (χ0) is 13.7. The summed E-state index contributed by atoms with van der Waals surface area (Å²) in [6.45, 7) is 6.51. The van der Waals surface area contributed by atoms with Gasteiger partial charge in [-0.25, -0.2) is 0 Å². The molecule has 1 aromatic heterocycles. The fraction of sp³-hybridized carbons (Fsp3) is 0.400. The number of nitrogens with two attached hydrogens (primary N) is 1. The van der Waals surface area contributed by atoms with Gasteiger partial charge in [-0.1, -0.05) is 13.8 Å². The van der Waals surface area contributed by atoms with Crippen molar-refractivity contribution in [2.75, 3.05) is 30.8 Å². The molecule has 0 spiro atoms. The van der Waals surface area contributed by atoms with E-state index in [1.807, 2.05) is 24.3 Å². The summed E-state index contributed by atoms with van der Waals surface area (Å²) in [4.78, 5) is 4.28. The van der Waals surface area contributed by atoms with Gasteiger partial charge in [0.15, 0.2) is 0 Å². The lowest BCUT2D eigenvalue weighted by Gasteiger charge is -2.12. The van der Waals surface area contributed by atoms with Crippen LogP contribution in [-0.4, -0.2) is 24.7 Å². The lowest BCUT2D eigenvalue weighted by Crippen LogP contribution is -2.13. The average Bonchev–Trinajstić information content (AvgIpc) is 2.41. The Morgan fingerprint density at radius 1 is 1.32 bits per heavy atom. The summed E-state index contributed by atoms with van der Waals surface area (Å²) in [5, 5.41) is 4.28. The number of hydrogen-bond acceptors (Lipinski definition) is 4. The van der Waals surface area contributed by atoms with Crippen molar-refractivity contribution in [1.29, 1.82) is 0 Å². The van der Waals surface area contributed by atoms with Crippen LogP contribution in [-0.2, 0) is 4.74 Å². The second-order valence-corrected chi connectivity index (χ2v) is 4.99. The Bertz CT molecular complexity index is 540. The third kappa shape index (κ3) is 3.58. The Morgan fingerprint density at radius 3 is 2.95 bits per heavy atom. The van der Waals surface area contributed by atoms with Gasteiger partial charge in [-0.3, -0.25) is 4.98 Å². The van der Waals surface area contributed by atoms with E-state index in [0.717, 1.165) is 35.4 Å². The number of benzene rings is 1. The molecule has 1 heterocycles. The Hall–Kier alpha value is -1.81. The van der Waals surface area contributed by atoms with Crippen LogP contribution in [0, 0.1) is 5.92 Å². The molecular formula is C15H21N3O. The second-order valence-electron chi connectivity index (χ2n) is 4.99. The summed E-state index contributed by atoms with van der Waals surface area (Å²) in [5.41, 5.74) is 8.74. The van der Waals surface area contributed by atoms with Gasteiger partial charge < -0.3 is 15.8 Å². The van der Waals surface area contributed by atoms with E-state index < -0.39 is 0 Å². The van der Waals surface area contributed by atoms with Gasteiger partial charge in [-0.2, -0.15) is 0 Å². The maximum atomic E-state index is 6.14. The topological polar surface area (TPSA) is 60.2 Å². The fourth-order valence-electron chi connectivity index (χ4n) is 1.91. The maximum absolute atomic E-state index is 6.14. The minimum Gasteiger partial charge on any atom is -0.397 e. The lowest BCUT2D eigenvalue weighted by molar-refractivity contribution is 0.118. The van der Waals surface area contributed by atoms with Crippen LogP contribution in [0.25, 0.3) is 10.9 Å². The SMILES string of the molecule is CC(C)COCCNc1ccc2ncccc2c1N. The van der Waals surface area contributed by atoms with Crippen LogP contribution < -0.4 is 11.1 Å². The van der Waals surface area contributed by atoms with E-state index in [1.165, 1.54) is 0 Å². The maximum Gasteiger partial charge on any atom is 0.0724 e. The summed E-state index contributed by atoms with van der Waals surface area (Å²) in [7, 11) is 0. The monoisotopic (exact) mass is 259 g/mol. The zero-order valence-corrected chi connectivity index (χ0v) is 11.5. The fourth-order valence-corrected chi connectivity index (χ4v) is 1.91. The molecule has 0 amide bonds. The molecular weight excluding hydrogens is 238 g/mol. The summed E-state index contributed by atoms with van der Waals surface area (Å²) < 4.78 is 5.53. The van der Waals surface area contributed by atoms with Crippen molar-refractivity contribution in [1.82, 2.24) is 4.98 Å². The minimum absolute atomic E-state index is 0.566. The molecule has 0 bridgehead atoms. The highest BCUT2D eigenvalue weighted by atomic mass is 16.5. The third-order valence-corrected chi connectivity index (χ3v) is 2.84. The van der Waals surface area contributed by atoms with Gasteiger partial charge in [0.2, 0.25) is 0 Å². The van der Waals surface area contributed by atoms with Crippen molar-refractivity contribution in [2.24, 2.45) is 5.92 Å². The van der Waals surface area contributed by atoms with E-state index in [9.17, 15) is 0 Å². The highest BCUT2D eigenvalue weighted by molar-refractivity contribution is 5.96.